The summed E-state index contributed by atoms with van der Waals surface area (Å²) < 4.78 is 43.8. The van der Waals surface area contributed by atoms with Gasteiger partial charge in [-0.3, -0.25) is 19.0 Å². The molecule has 0 bridgehead atoms. The zero-order chi connectivity index (χ0) is 25.9. The Labute approximate surface area is 199 Å². The molecular formula is C25H24F3N3O4. The fourth-order valence-electron chi connectivity index (χ4n) is 3.65. The Kier molecular flexibility index (Phi) is 7.75. The largest absolute Gasteiger partial charge is 0.480 e. The number of carbonyl (C=O) groups excluding carboxylic acids is 1. The lowest BCUT2D eigenvalue weighted by molar-refractivity contribution is -0.140. The van der Waals surface area contributed by atoms with Crippen LogP contribution in [0.1, 0.15) is 41.8 Å². The van der Waals surface area contributed by atoms with Gasteiger partial charge in [0.05, 0.1) is 5.56 Å². The number of carboxylic acids is 1. The Hall–Kier alpha value is -3.92. The molecule has 35 heavy (non-hydrogen) atoms. The molecule has 0 spiro atoms. The summed E-state index contributed by atoms with van der Waals surface area (Å²) in [5.41, 5.74) is 4.34. The molecule has 0 aliphatic heterocycles. The van der Waals surface area contributed by atoms with E-state index in [1.807, 2.05) is 13.8 Å². The Bertz CT molecular complexity index is 1300. The summed E-state index contributed by atoms with van der Waals surface area (Å²) in [6.45, 7) is 3.57. The molecule has 0 saturated carbocycles. The Morgan fingerprint density at radius 2 is 1.63 bits per heavy atom. The van der Waals surface area contributed by atoms with E-state index in [1.54, 1.807) is 0 Å². The first kappa shape index (κ1) is 25.7. The van der Waals surface area contributed by atoms with Gasteiger partial charge in [0.15, 0.2) is 17.4 Å². The molecule has 0 radical (unpaired) electrons. The number of pyridine rings is 1. The van der Waals surface area contributed by atoms with Gasteiger partial charge >= 0.3 is 5.97 Å². The van der Waals surface area contributed by atoms with Gasteiger partial charge in [0.2, 0.25) is 0 Å². The maximum Gasteiger partial charge on any atom is 0.320 e. The lowest BCUT2D eigenvalue weighted by atomic mass is 10.0. The predicted molar refractivity (Wildman–Crippen MR) is 124 cm³/mol. The van der Waals surface area contributed by atoms with E-state index in [0.29, 0.717) is 11.0 Å². The van der Waals surface area contributed by atoms with Gasteiger partial charge in [-0.05, 0) is 60.4 Å². The van der Waals surface area contributed by atoms with Crippen LogP contribution in [-0.2, 0) is 11.3 Å². The molecule has 4 N–H and O–H groups in total. The molecule has 0 fully saturated rings. The zero-order valence-corrected chi connectivity index (χ0v) is 19.0. The summed E-state index contributed by atoms with van der Waals surface area (Å²) in [6.07, 6.45) is 0.319. The number of carbonyl (C=O) groups is 2. The molecule has 0 saturated heterocycles. The second-order valence-electron chi connectivity index (χ2n) is 8.45. The number of hydrogen-bond acceptors (Lipinski definition) is 5. The minimum absolute atomic E-state index is 0.0695. The van der Waals surface area contributed by atoms with Crippen molar-refractivity contribution in [2.75, 3.05) is 5.73 Å². The van der Waals surface area contributed by atoms with E-state index < -0.39 is 52.3 Å². The van der Waals surface area contributed by atoms with Crippen LogP contribution in [0.2, 0.25) is 0 Å². The number of rotatable bonds is 9. The highest BCUT2D eigenvalue weighted by Crippen LogP contribution is 2.24. The van der Waals surface area contributed by atoms with Crippen molar-refractivity contribution in [3.05, 3.63) is 93.0 Å². The fraction of sp³-hybridized carbons (Fsp3) is 0.240. The van der Waals surface area contributed by atoms with Crippen LogP contribution in [0.15, 0.2) is 53.3 Å². The van der Waals surface area contributed by atoms with Gasteiger partial charge in [-0.25, -0.2) is 13.2 Å². The van der Waals surface area contributed by atoms with Gasteiger partial charge in [-0.2, -0.15) is 0 Å². The number of halogens is 3. The van der Waals surface area contributed by atoms with Crippen molar-refractivity contribution < 1.29 is 27.9 Å². The second-order valence-corrected chi connectivity index (χ2v) is 8.45. The van der Waals surface area contributed by atoms with E-state index in [0.717, 1.165) is 36.4 Å². The lowest BCUT2D eigenvalue weighted by Gasteiger charge is -2.18. The number of nitrogens with two attached hydrogens (primary N) is 1. The summed E-state index contributed by atoms with van der Waals surface area (Å²) in [4.78, 5) is 36.7. The second kappa shape index (κ2) is 10.6. The number of benzene rings is 2. The molecule has 1 heterocycles. The van der Waals surface area contributed by atoms with Crippen LogP contribution >= 0.6 is 0 Å². The fourth-order valence-corrected chi connectivity index (χ4v) is 3.65. The summed E-state index contributed by atoms with van der Waals surface area (Å²) in [7, 11) is 0. The maximum absolute atomic E-state index is 15.0. The number of ketones is 1. The third-order valence-corrected chi connectivity index (χ3v) is 5.34. The predicted octanol–water partition coefficient (Wildman–Crippen LogP) is 3.66. The number of anilines is 1. The minimum atomic E-state index is -1.13. The molecule has 10 heteroatoms. The van der Waals surface area contributed by atoms with Crippen LogP contribution in [0.3, 0.4) is 0 Å². The van der Waals surface area contributed by atoms with E-state index in [-0.39, 0.29) is 29.2 Å². The minimum Gasteiger partial charge on any atom is -0.480 e. The number of aromatic nitrogens is 1. The van der Waals surface area contributed by atoms with Crippen LogP contribution in [0, 0.1) is 23.4 Å². The number of carboxylic acid groups (broad SMARTS) is 1. The third-order valence-electron chi connectivity index (χ3n) is 5.34. The summed E-state index contributed by atoms with van der Waals surface area (Å²) in [5, 5.41) is 12.1. The molecule has 3 aromatic rings. The summed E-state index contributed by atoms with van der Waals surface area (Å²) in [5.74, 6) is -4.97. The van der Waals surface area contributed by atoms with Crippen molar-refractivity contribution in [1.29, 1.82) is 0 Å². The molecule has 0 aliphatic carbocycles. The topological polar surface area (TPSA) is 114 Å². The van der Waals surface area contributed by atoms with Gasteiger partial charge in [-0.15, -0.1) is 0 Å². The van der Waals surface area contributed by atoms with E-state index in [1.165, 1.54) is 12.1 Å². The number of hydrogen-bond donors (Lipinski definition) is 3. The summed E-state index contributed by atoms with van der Waals surface area (Å²) >= 11 is 0. The van der Waals surface area contributed by atoms with Gasteiger partial charge in [0.25, 0.3) is 5.56 Å². The average molecular weight is 487 g/mol. The Morgan fingerprint density at radius 3 is 2.17 bits per heavy atom. The van der Waals surface area contributed by atoms with Gasteiger partial charge in [0, 0.05) is 18.2 Å². The first-order valence-corrected chi connectivity index (χ1v) is 10.8. The molecule has 0 amide bonds. The van der Waals surface area contributed by atoms with Crippen molar-refractivity contribution in [3.8, 4) is 5.69 Å². The Morgan fingerprint density at radius 1 is 1.03 bits per heavy atom. The number of nitrogen functional groups attached to an aromatic ring is 1. The van der Waals surface area contributed by atoms with E-state index in [2.05, 4.69) is 5.32 Å². The van der Waals surface area contributed by atoms with Crippen LogP contribution in [-0.4, -0.2) is 27.5 Å². The molecule has 1 aromatic heterocycles. The number of aliphatic carboxylic acids is 1. The monoisotopic (exact) mass is 487 g/mol. The lowest BCUT2D eigenvalue weighted by Crippen LogP contribution is -2.37. The highest BCUT2D eigenvalue weighted by Gasteiger charge is 2.23. The van der Waals surface area contributed by atoms with Crippen molar-refractivity contribution in [3.63, 3.8) is 0 Å². The molecule has 184 valence electrons. The number of nitrogens with zero attached hydrogens (tertiary/aromatic N) is 1. The maximum atomic E-state index is 15.0. The van der Waals surface area contributed by atoms with Gasteiger partial charge < -0.3 is 16.2 Å². The van der Waals surface area contributed by atoms with Crippen molar-refractivity contribution in [1.82, 2.24) is 9.88 Å². The van der Waals surface area contributed by atoms with Crippen LogP contribution < -0.4 is 16.6 Å². The Balaban J connectivity index is 1.97. The van der Waals surface area contributed by atoms with Crippen molar-refractivity contribution in [2.45, 2.75) is 32.9 Å². The van der Waals surface area contributed by atoms with E-state index in [4.69, 9.17) is 5.73 Å². The molecule has 1 atom stereocenters. The van der Waals surface area contributed by atoms with Crippen LogP contribution in [0.25, 0.3) is 5.69 Å². The van der Waals surface area contributed by atoms with Crippen LogP contribution in [0.4, 0.5) is 19.0 Å². The van der Waals surface area contributed by atoms with Gasteiger partial charge in [-0.1, -0.05) is 13.8 Å². The highest BCUT2D eigenvalue weighted by molar-refractivity contribution is 6.11. The molecular weight excluding hydrogens is 463 g/mol. The number of nitrogens with one attached hydrogen (secondary N) is 1. The quantitative estimate of drug-likeness (QED) is 0.397. The first-order chi connectivity index (χ1) is 16.5. The average Bonchev–Trinajstić information content (AvgIpc) is 2.78. The van der Waals surface area contributed by atoms with Crippen molar-refractivity contribution >= 4 is 17.6 Å². The normalized spacial score (nSPS) is 12.1. The SMILES string of the molecule is CC(C)CC(NCc1cc(F)c(-n2c(N)c(C(=O)c3ccc(F)cc3)ccc2=O)c(F)c1)C(=O)O. The molecule has 3 rings (SSSR count). The molecule has 2 aromatic carbocycles. The highest BCUT2D eigenvalue weighted by atomic mass is 19.1. The third kappa shape index (κ3) is 5.78. The summed E-state index contributed by atoms with van der Waals surface area (Å²) in [6, 6.07) is 7.68. The first-order valence-electron chi connectivity index (χ1n) is 10.8. The molecule has 1 unspecified atom stereocenters. The van der Waals surface area contributed by atoms with Gasteiger partial charge in [0.1, 0.15) is 23.4 Å². The van der Waals surface area contributed by atoms with E-state index in [9.17, 15) is 23.9 Å². The zero-order valence-electron chi connectivity index (χ0n) is 19.0. The standard InChI is InChI=1S/C25H24F3N3O4/c1-13(2)9-20(25(34)35)30-12-14-10-18(27)22(19(28)11-14)31-21(32)8-7-17(24(31)29)23(33)15-3-5-16(26)6-4-15/h3-8,10-11,13,20,30H,9,12,29H2,1-2H3,(H,34,35). The molecule has 7 nitrogen and oxygen atoms in total. The smallest absolute Gasteiger partial charge is 0.320 e. The van der Waals surface area contributed by atoms with E-state index >= 15 is 8.78 Å². The van der Waals surface area contributed by atoms with Crippen molar-refractivity contribution in [2.24, 2.45) is 5.92 Å². The van der Waals surface area contributed by atoms with Crippen LogP contribution in [0.5, 0.6) is 0 Å². The molecule has 0 aliphatic rings.